The summed E-state index contributed by atoms with van der Waals surface area (Å²) in [7, 11) is 0. The first kappa shape index (κ1) is 12.0. The Bertz CT molecular complexity index is 393. The SMILES string of the molecule is O[C@]12CCCCC1NCCC2Nc1ccccc1. The van der Waals surface area contributed by atoms with E-state index in [9.17, 15) is 5.11 Å². The minimum atomic E-state index is -0.577. The first-order valence-corrected chi connectivity index (χ1v) is 7.06. The van der Waals surface area contributed by atoms with Crippen LogP contribution in [-0.4, -0.2) is 29.3 Å². The fraction of sp³-hybridized carbons (Fsp3) is 0.600. The van der Waals surface area contributed by atoms with Crippen LogP contribution in [-0.2, 0) is 0 Å². The van der Waals surface area contributed by atoms with Gasteiger partial charge in [0.05, 0.1) is 11.6 Å². The molecule has 3 heteroatoms. The van der Waals surface area contributed by atoms with Crippen LogP contribution in [0, 0.1) is 0 Å². The second-order valence-corrected chi connectivity index (χ2v) is 5.60. The number of nitrogens with one attached hydrogen (secondary N) is 2. The third-order valence-corrected chi connectivity index (χ3v) is 4.47. The minimum Gasteiger partial charge on any atom is -0.386 e. The van der Waals surface area contributed by atoms with Gasteiger partial charge in [-0.2, -0.15) is 0 Å². The first-order chi connectivity index (χ1) is 8.79. The zero-order chi connectivity index (χ0) is 12.4. The van der Waals surface area contributed by atoms with E-state index >= 15 is 0 Å². The lowest BCUT2D eigenvalue weighted by molar-refractivity contribution is -0.0584. The predicted molar refractivity (Wildman–Crippen MR) is 73.7 cm³/mol. The summed E-state index contributed by atoms with van der Waals surface area (Å²) in [5.74, 6) is 0. The molecule has 0 amide bonds. The molecular formula is C15H22N2O. The molecule has 98 valence electrons. The molecule has 1 saturated heterocycles. The van der Waals surface area contributed by atoms with Crippen molar-refractivity contribution in [3.8, 4) is 0 Å². The summed E-state index contributed by atoms with van der Waals surface area (Å²) in [4.78, 5) is 0. The lowest BCUT2D eigenvalue weighted by atomic mass is 9.72. The summed E-state index contributed by atoms with van der Waals surface area (Å²) < 4.78 is 0. The van der Waals surface area contributed by atoms with Crippen molar-refractivity contribution >= 4 is 5.69 Å². The van der Waals surface area contributed by atoms with Gasteiger partial charge in [-0.15, -0.1) is 0 Å². The van der Waals surface area contributed by atoms with E-state index in [1.165, 1.54) is 6.42 Å². The highest BCUT2D eigenvalue weighted by molar-refractivity contribution is 5.44. The van der Waals surface area contributed by atoms with E-state index in [1.807, 2.05) is 18.2 Å². The molecule has 1 aliphatic carbocycles. The highest BCUT2D eigenvalue weighted by Gasteiger charge is 2.47. The van der Waals surface area contributed by atoms with Crippen molar-refractivity contribution < 1.29 is 5.11 Å². The zero-order valence-corrected chi connectivity index (χ0v) is 10.7. The maximum Gasteiger partial charge on any atom is 0.1000 e. The van der Waals surface area contributed by atoms with Gasteiger partial charge >= 0.3 is 0 Å². The van der Waals surface area contributed by atoms with Gasteiger partial charge in [0.1, 0.15) is 0 Å². The fourth-order valence-electron chi connectivity index (χ4n) is 3.46. The Labute approximate surface area is 109 Å². The largest absolute Gasteiger partial charge is 0.386 e. The molecule has 0 aromatic heterocycles. The van der Waals surface area contributed by atoms with E-state index in [4.69, 9.17) is 0 Å². The smallest absolute Gasteiger partial charge is 0.1000 e. The molecule has 0 spiro atoms. The third kappa shape index (κ3) is 2.13. The van der Waals surface area contributed by atoms with E-state index in [2.05, 4.69) is 22.8 Å². The highest BCUT2D eigenvalue weighted by atomic mass is 16.3. The summed E-state index contributed by atoms with van der Waals surface area (Å²) in [6, 6.07) is 10.7. The quantitative estimate of drug-likeness (QED) is 0.749. The molecule has 18 heavy (non-hydrogen) atoms. The van der Waals surface area contributed by atoms with Gasteiger partial charge < -0.3 is 15.7 Å². The van der Waals surface area contributed by atoms with Gasteiger partial charge in [-0.05, 0) is 37.9 Å². The molecule has 1 aromatic carbocycles. The van der Waals surface area contributed by atoms with Gasteiger partial charge in [0.25, 0.3) is 0 Å². The third-order valence-electron chi connectivity index (χ3n) is 4.47. The van der Waals surface area contributed by atoms with Crippen LogP contribution in [0.2, 0.25) is 0 Å². The number of piperidine rings is 1. The maximum atomic E-state index is 11.0. The number of hydrogen-bond acceptors (Lipinski definition) is 3. The first-order valence-electron chi connectivity index (χ1n) is 7.06. The van der Waals surface area contributed by atoms with Crippen molar-refractivity contribution in [1.82, 2.24) is 5.32 Å². The maximum absolute atomic E-state index is 11.0. The molecule has 3 N–H and O–H groups in total. The second kappa shape index (κ2) is 4.90. The van der Waals surface area contributed by atoms with E-state index < -0.39 is 5.60 Å². The topological polar surface area (TPSA) is 44.3 Å². The summed E-state index contributed by atoms with van der Waals surface area (Å²) >= 11 is 0. The molecule has 0 radical (unpaired) electrons. The van der Waals surface area contributed by atoms with Crippen LogP contribution in [0.25, 0.3) is 0 Å². The molecule has 0 bridgehead atoms. The molecule has 2 aliphatic rings. The summed E-state index contributed by atoms with van der Waals surface area (Å²) in [5, 5.41) is 18.0. The van der Waals surface area contributed by atoms with Gasteiger partial charge in [0.2, 0.25) is 0 Å². The van der Waals surface area contributed by atoms with Gasteiger partial charge in [-0.1, -0.05) is 31.0 Å². The molecular weight excluding hydrogens is 224 g/mol. The molecule has 2 fully saturated rings. The minimum absolute atomic E-state index is 0.173. The van der Waals surface area contributed by atoms with Crippen LogP contribution in [0.15, 0.2) is 30.3 Å². The standard InChI is InChI=1S/C15H22N2O/c18-15-10-5-4-8-13(15)16-11-9-14(15)17-12-6-2-1-3-7-12/h1-3,6-7,13-14,16-18H,4-5,8-11H2/t13?,14?,15-/m1/s1. The van der Waals surface area contributed by atoms with Crippen LogP contribution in [0.5, 0.6) is 0 Å². The van der Waals surface area contributed by atoms with E-state index in [-0.39, 0.29) is 12.1 Å². The number of anilines is 1. The summed E-state index contributed by atoms with van der Waals surface area (Å²) in [5.41, 5.74) is 0.536. The molecule has 1 aromatic rings. The molecule has 1 saturated carbocycles. The average Bonchev–Trinajstić information content (AvgIpc) is 2.41. The number of para-hydroxylation sites is 1. The average molecular weight is 246 g/mol. The number of fused-ring (bicyclic) bond motifs is 1. The van der Waals surface area contributed by atoms with Gasteiger partial charge in [-0.25, -0.2) is 0 Å². The molecule has 1 aliphatic heterocycles. The Morgan fingerprint density at radius 3 is 2.83 bits per heavy atom. The Hall–Kier alpha value is -1.06. The van der Waals surface area contributed by atoms with Crippen LogP contribution in [0.3, 0.4) is 0 Å². The lowest BCUT2D eigenvalue weighted by Crippen LogP contribution is -2.65. The van der Waals surface area contributed by atoms with Crippen LogP contribution >= 0.6 is 0 Å². The van der Waals surface area contributed by atoms with Crippen molar-refractivity contribution in [1.29, 1.82) is 0 Å². The van der Waals surface area contributed by atoms with E-state index in [0.29, 0.717) is 0 Å². The normalized spacial score (nSPS) is 35.8. The van der Waals surface area contributed by atoms with Crippen molar-refractivity contribution in [2.24, 2.45) is 0 Å². The fourth-order valence-corrected chi connectivity index (χ4v) is 3.46. The number of benzene rings is 1. The van der Waals surface area contributed by atoms with Gasteiger partial charge in [0.15, 0.2) is 0 Å². The molecule has 3 rings (SSSR count). The number of aliphatic hydroxyl groups is 1. The van der Waals surface area contributed by atoms with E-state index in [1.54, 1.807) is 0 Å². The zero-order valence-electron chi connectivity index (χ0n) is 10.7. The lowest BCUT2D eigenvalue weighted by Gasteiger charge is -2.49. The van der Waals surface area contributed by atoms with Crippen molar-refractivity contribution in [3.05, 3.63) is 30.3 Å². The Morgan fingerprint density at radius 2 is 2.00 bits per heavy atom. The van der Waals surface area contributed by atoms with Gasteiger partial charge in [-0.3, -0.25) is 0 Å². The van der Waals surface area contributed by atoms with Crippen LogP contribution in [0.4, 0.5) is 5.69 Å². The molecule has 2 unspecified atom stereocenters. The van der Waals surface area contributed by atoms with Crippen molar-refractivity contribution in [2.45, 2.75) is 49.8 Å². The molecule has 3 atom stereocenters. The van der Waals surface area contributed by atoms with Crippen LogP contribution in [0.1, 0.15) is 32.1 Å². The van der Waals surface area contributed by atoms with Crippen molar-refractivity contribution in [3.63, 3.8) is 0 Å². The van der Waals surface area contributed by atoms with Crippen LogP contribution < -0.4 is 10.6 Å². The Balaban J connectivity index is 1.78. The monoisotopic (exact) mass is 246 g/mol. The molecule has 3 nitrogen and oxygen atoms in total. The number of rotatable bonds is 2. The van der Waals surface area contributed by atoms with E-state index in [0.717, 1.165) is 37.9 Å². The second-order valence-electron chi connectivity index (χ2n) is 5.60. The Kier molecular flexibility index (Phi) is 3.27. The Morgan fingerprint density at radius 1 is 1.17 bits per heavy atom. The highest BCUT2D eigenvalue weighted by Crippen LogP contribution is 2.36. The van der Waals surface area contributed by atoms with Crippen molar-refractivity contribution in [2.75, 3.05) is 11.9 Å². The summed E-state index contributed by atoms with van der Waals surface area (Å²) in [6.45, 7) is 0.997. The van der Waals surface area contributed by atoms with Gasteiger partial charge in [0, 0.05) is 11.7 Å². The molecule has 1 heterocycles. The summed E-state index contributed by atoms with van der Waals surface area (Å²) in [6.07, 6.45) is 5.38. The number of hydrogen-bond donors (Lipinski definition) is 3. The predicted octanol–water partition coefficient (Wildman–Crippen LogP) is 2.13.